The molecule has 0 unspecified atom stereocenters. The van der Waals surface area contributed by atoms with Gasteiger partial charge >= 0.3 is 0 Å². The van der Waals surface area contributed by atoms with Gasteiger partial charge in [0, 0.05) is 5.69 Å². The van der Waals surface area contributed by atoms with Gasteiger partial charge in [0.1, 0.15) is 11.5 Å². The summed E-state index contributed by atoms with van der Waals surface area (Å²) in [4.78, 5) is 0. The second-order valence-corrected chi connectivity index (χ2v) is 7.79. The van der Waals surface area contributed by atoms with Crippen LogP contribution in [0.15, 0.2) is 54.6 Å². The van der Waals surface area contributed by atoms with Crippen molar-refractivity contribution in [2.75, 3.05) is 24.9 Å². The van der Waals surface area contributed by atoms with E-state index in [1.807, 2.05) is 42.5 Å². The van der Waals surface area contributed by atoms with Crippen LogP contribution in [0.1, 0.15) is 27.8 Å². The molecule has 3 aromatic rings. The predicted octanol–water partition coefficient (Wildman–Crippen LogP) is 6.61. The number of nitrogens with one attached hydrogen (secondary N) is 2. The number of methoxy groups -OCH3 is 2. The lowest BCUT2D eigenvalue weighted by Crippen LogP contribution is -2.19. The van der Waals surface area contributed by atoms with Gasteiger partial charge in [-0.15, -0.1) is 0 Å². The Hall–Kier alpha value is -3.31. The van der Waals surface area contributed by atoms with Gasteiger partial charge in [0.15, 0.2) is 5.11 Å². The number of anilines is 2. The molecule has 0 aliphatic carbocycles. The summed E-state index contributed by atoms with van der Waals surface area (Å²) in [6, 6.07) is 18.0. The summed E-state index contributed by atoms with van der Waals surface area (Å²) in [7, 11) is 3.29. The maximum atomic E-state index is 5.50. The van der Waals surface area contributed by atoms with Crippen molar-refractivity contribution in [1.29, 1.82) is 0 Å². The van der Waals surface area contributed by atoms with Crippen LogP contribution in [0.3, 0.4) is 0 Å². The van der Waals surface area contributed by atoms with Crippen molar-refractivity contribution in [2.24, 2.45) is 0 Å². The van der Waals surface area contributed by atoms with Crippen LogP contribution in [-0.2, 0) is 0 Å². The topological polar surface area (TPSA) is 42.5 Å². The largest absolute Gasteiger partial charge is 0.497 e. The number of hydrogen-bond donors (Lipinski definition) is 2. The number of aryl methyl sites for hydroxylation is 2. The fourth-order valence-corrected chi connectivity index (χ4v) is 3.47. The highest BCUT2D eigenvalue weighted by Crippen LogP contribution is 2.27. The van der Waals surface area contributed by atoms with E-state index in [0.29, 0.717) is 5.11 Å². The first-order chi connectivity index (χ1) is 14.9. The highest BCUT2D eigenvalue weighted by atomic mass is 32.1. The van der Waals surface area contributed by atoms with Crippen molar-refractivity contribution in [3.8, 4) is 11.5 Å². The Morgan fingerprint density at radius 3 is 2.03 bits per heavy atom. The van der Waals surface area contributed by atoms with Crippen molar-refractivity contribution in [1.82, 2.24) is 0 Å². The van der Waals surface area contributed by atoms with Crippen LogP contribution in [0, 0.1) is 20.8 Å². The smallest absolute Gasteiger partial charge is 0.175 e. The minimum absolute atomic E-state index is 0.481. The number of benzene rings is 3. The minimum Gasteiger partial charge on any atom is -0.497 e. The summed E-state index contributed by atoms with van der Waals surface area (Å²) < 4.78 is 10.7. The molecular weight excluding hydrogens is 404 g/mol. The molecule has 0 aliphatic rings. The van der Waals surface area contributed by atoms with Gasteiger partial charge in [-0.2, -0.15) is 0 Å². The number of rotatable bonds is 6. The maximum Gasteiger partial charge on any atom is 0.175 e. The fourth-order valence-electron chi connectivity index (χ4n) is 3.24. The molecular formula is C26H28N2O2S. The van der Waals surface area contributed by atoms with Crippen molar-refractivity contribution in [3.63, 3.8) is 0 Å². The first-order valence-corrected chi connectivity index (χ1v) is 10.5. The molecule has 4 nitrogen and oxygen atoms in total. The highest BCUT2D eigenvalue weighted by Gasteiger charge is 2.07. The Kier molecular flexibility index (Phi) is 7.32. The molecule has 0 aromatic heterocycles. The normalized spacial score (nSPS) is 10.7. The third-order valence-electron chi connectivity index (χ3n) is 5.24. The Morgan fingerprint density at radius 2 is 1.42 bits per heavy atom. The summed E-state index contributed by atoms with van der Waals surface area (Å²) in [5.41, 5.74) is 7.84. The standard InChI is InChI=1S/C26H28N2O2S/c1-17-14-21(15-18(2)19(17)3)7-6-20-8-13-25(30-5)24(16-20)28-26(31)27-22-9-11-23(29-4)12-10-22/h6-16H,1-5H3,(H2,27,28,31)/b7-6-. The fraction of sp³-hybridized carbons (Fsp3) is 0.192. The number of hydrogen-bond acceptors (Lipinski definition) is 3. The Morgan fingerprint density at radius 1 is 0.774 bits per heavy atom. The Bertz CT molecular complexity index is 1080. The molecule has 2 N–H and O–H groups in total. The molecule has 0 atom stereocenters. The van der Waals surface area contributed by atoms with Crippen molar-refractivity contribution < 1.29 is 9.47 Å². The molecule has 0 aliphatic heterocycles. The van der Waals surface area contributed by atoms with E-state index in [1.165, 1.54) is 22.3 Å². The Balaban J connectivity index is 1.76. The van der Waals surface area contributed by atoms with Gasteiger partial charge in [-0.05, 0) is 97.2 Å². The molecule has 3 aromatic carbocycles. The molecule has 0 bridgehead atoms. The number of ether oxygens (including phenoxy) is 2. The van der Waals surface area contributed by atoms with Gasteiger partial charge in [-0.25, -0.2) is 0 Å². The van der Waals surface area contributed by atoms with Crippen LogP contribution in [0.4, 0.5) is 11.4 Å². The SMILES string of the molecule is COc1ccc(NC(=S)Nc2cc(/C=C\c3cc(C)c(C)c(C)c3)ccc2OC)cc1. The average Bonchev–Trinajstić information content (AvgIpc) is 2.76. The monoisotopic (exact) mass is 432 g/mol. The quantitative estimate of drug-likeness (QED) is 0.339. The maximum absolute atomic E-state index is 5.50. The first-order valence-electron chi connectivity index (χ1n) is 10.1. The van der Waals surface area contributed by atoms with Crippen molar-refractivity contribution >= 4 is 40.9 Å². The Labute approximate surface area is 189 Å². The highest BCUT2D eigenvalue weighted by molar-refractivity contribution is 7.80. The summed E-state index contributed by atoms with van der Waals surface area (Å²) >= 11 is 5.49. The second kappa shape index (κ2) is 10.1. The van der Waals surface area contributed by atoms with Gasteiger partial charge in [-0.1, -0.05) is 30.4 Å². The molecule has 0 radical (unpaired) electrons. The van der Waals surface area contributed by atoms with E-state index in [-0.39, 0.29) is 0 Å². The number of thiocarbonyl (C=S) groups is 1. The molecule has 3 rings (SSSR count). The molecule has 160 valence electrons. The van der Waals surface area contributed by atoms with Gasteiger partial charge in [0.2, 0.25) is 0 Å². The van der Waals surface area contributed by atoms with Crippen LogP contribution < -0.4 is 20.1 Å². The van der Waals surface area contributed by atoms with E-state index in [2.05, 4.69) is 55.7 Å². The first kappa shape index (κ1) is 22.4. The van der Waals surface area contributed by atoms with E-state index in [4.69, 9.17) is 21.7 Å². The molecule has 0 amide bonds. The van der Waals surface area contributed by atoms with Gasteiger partial charge < -0.3 is 20.1 Å². The zero-order chi connectivity index (χ0) is 22.4. The zero-order valence-corrected chi connectivity index (χ0v) is 19.4. The lowest BCUT2D eigenvalue weighted by Gasteiger charge is -2.14. The van der Waals surface area contributed by atoms with Crippen LogP contribution in [0.5, 0.6) is 11.5 Å². The van der Waals surface area contributed by atoms with Gasteiger partial charge in [0.25, 0.3) is 0 Å². The second-order valence-electron chi connectivity index (χ2n) is 7.38. The lowest BCUT2D eigenvalue weighted by molar-refractivity contribution is 0.415. The summed E-state index contributed by atoms with van der Waals surface area (Å²) in [5.74, 6) is 1.52. The van der Waals surface area contributed by atoms with Crippen LogP contribution in [0.25, 0.3) is 12.2 Å². The zero-order valence-electron chi connectivity index (χ0n) is 18.6. The van der Waals surface area contributed by atoms with E-state index in [0.717, 1.165) is 28.4 Å². The third kappa shape index (κ3) is 5.86. The molecule has 5 heteroatoms. The lowest BCUT2D eigenvalue weighted by atomic mass is 10.00. The summed E-state index contributed by atoms with van der Waals surface area (Å²) in [6.07, 6.45) is 4.22. The van der Waals surface area contributed by atoms with Crippen LogP contribution in [0.2, 0.25) is 0 Å². The van der Waals surface area contributed by atoms with Crippen molar-refractivity contribution in [2.45, 2.75) is 20.8 Å². The van der Waals surface area contributed by atoms with Crippen LogP contribution >= 0.6 is 12.2 Å². The van der Waals surface area contributed by atoms with Crippen LogP contribution in [-0.4, -0.2) is 19.3 Å². The molecule has 31 heavy (non-hydrogen) atoms. The molecule has 0 saturated heterocycles. The van der Waals surface area contributed by atoms with E-state index in [9.17, 15) is 0 Å². The van der Waals surface area contributed by atoms with Crippen molar-refractivity contribution in [3.05, 3.63) is 82.4 Å². The average molecular weight is 433 g/mol. The molecule has 0 fully saturated rings. The molecule has 0 saturated carbocycles. The van der Waals surface area contributed by atoms with E-state index in [1.54, 1.807) is 14.2 Å². The predicted molar refractivity (Wildman–Crippen MR) is 135 cm³/mol. The molecule has 0 spiro atoms. The van der Waals surface area contributed by atoms with E-state index >= 15 is 0 Å². The third-order valence-corrected chi connectivity index (χ3v) is 5.44. The van der Waals surface area contributed by atoms with E-state index < -0.39 is 0 Å². The van der Waals surface area contributed by atoms with Gasteiger partial charge in [-0.3, -0.25) is 0 Å². The molecule has 0 heterocycles. The van der Waals surface area contributed by atoms with Gasteiger partial charge in [0.05, 0.1) is 19.9 Å². The summed E-state index contributed by atoms with van der Waals surface area (Å²) in [5, 5.41) is 6.89. The summed E-state index contributed by atoms with van der Waals surface area (Å²) in [6.45, 7) is 6.44. The minimum atomic E-state index is 0.481.